The van der Waals surface area contributed by atoms with E-state index in [1.807, 2.05) is 23.4 Å². The number of amides is 1. The van der Waals surface area contributed by atoms with Gasteiger partial charge in [-0.2, -0.15) is 0 Å². The summed E-state index contributed by atoms with van der Waals surface area (Å²) in [5.41, 5.74) is 0. The number of rotatable bonds is 6. The Morgan fingerprint density at radius 3 is 2.82 bits per heavy atom. The van der Waals surface area contributed by atoms with Crippen LogP contribution in [0.3, 0.4) is 0 Å². The molecule has 0 saturated carbocycles. The standard InChI is InChI=1S/C12H19BrN2OS/c1-9(2)6-14-12(16)8-15(3)7-11-10(13)4-5-17-11/h4-5,9H,6-8H2,1-3H3,(H,14,16). The highest BCUT2D eigenvalue weighted by atomic mass is 79.9. The minimum Gasteiger partial charge on any atom is -0.355 e. The molecule has 0 aliphatic heterocycles. The lowest BCUT2D eigenvalue weighted by molar-refractivity contribution is -0.122. The SMILES string of the molecule is CC(C)CNC(=O)CN(C)Cc1sccc1Br. The van der Waals surface area contributed by atoms with Crippen molar-refractivity contribution in [2.75, 3.05) is 20.1 Å². The maximum absolute atomic E-state index is 11.6. The second-order valence-electron chi connectivity index (χ2n) is 4.56. The largest absolute Gasteiger partial charge is 0.355 e. The average Bonchev–Trinajstić information content (AvgIpc) is 2.61. The molecule has 5 heteroatoms. The van der Waals surface area contributed by atoms with E-state index in [0.29, 0.717) is 12.5 Å². The minimum atomic E-state index is 0.0916. The number of carbonyl (C=O) groups excluding carboxylic acids is 1. The van der Waals surface area contributed by atoms with E-state index in [0.717, 1.165) is 17.6 Å². The van der Waals surface area contributed by atoms with Crippen LogP contribution in [-0.4, -0.2) is 30.9 Å². The van der Waals surface area contributed by atoms with Crippen LogP contribution in [0.4, 0.5) is 0 Å². The summed E-state index contributed by atoms with van der Waals surface area (Å²) in [6.07, 6.45) is 0. The third-order valence-corrected chi connectivity index (χ3v) is 4.14. The fourth-order valence-electron chi connectivity index (χ4n) is 1.36. The first kappa shape index (κ1) is 14.7. The molecule has 0 aromatic carbocycles. The Kier molecular flexibility index (Phi) is 6.16. The Morgan fingerprint density at radius 1 is 1.59 bits per heavy atom. The number of likely N-dealkylation sites (N-methyl/N-ethyl adjacent to an activating group) is 1. The number of nitrogens with zero attached hydrogens (tertiary/aromatic N) is 1. The monoisotopic (exact) mass is 318 g/mol. The Hall–Kier alpha value is -0.390. The lowest BCUT2D eigenvalue weighted by Gasteiger charge is -2.16. The molecular formula is C12H19BrN2OS. The summed E-state index contributed by atoms with van der Waals surface area (Å²) < 4.78 is 1.12. The highest BCUT2D eigenvalue weighted by Gasteiger charge is 2.09. The van der Waals surface area contributed by atoms with Crippen LogP contribution >= 0.6 is 27.3 Å². The molecule has 0 fully saturated rings. The van der Waals surface area contributed by atoms with Crippen molar-refractivity contribution in [1.29, 1.82) is 0 Å². The zero-order chi connectivity index (χ0) is 12.8. The molecule has 0 saturated heterocycles. The lowest BCUT2D eigenvalue weighted by Crippen LogP contribution is -2.36. The number of nitrogens with one attached hydrogen (secondary N) is 1. The molecule has 1 N–H and O–H groups in total. The molecule has 96 valence electrons. The van der Waals surface area contributed by atoms with Gasteiger partial charge in [0.1, 0.15) is 0 Å². The van der Waals surface area contributed by atoms with Gasteiger partial charge in [0.15, 0.2) is 0 Å². The van der Waals surface area contributed by atoms with Gasteiger partial charge in [0.05, 0.1) is 6.54 Å². The molecule has 0 spiro atoms. The fraction of sp³-hybridized carbons (Fsp3) is 0.583. The van der Waals surface area contributed by atoms with Crippen molar-refractivity contribution in [2.24, 2.45) is 5.92 Å². The number of thiophene rings is 1. The Balaban J connectivity index is 2.32. The zero-order valence-corrected chi connectivity index (χ0v) is 12.9. The molecule has 1 aromatic rings. The van der Waals surface area contributed by atoms with Gasteiger partial charge >= 0.3 is 0 Å². The van der Waals surface area contributed by atoms with Gasteiger partial charge in [-0.3, -0.25) is 9.69 Å². The smallest absolute Gasteiger partial charge is 0.234 e. The second-order valence-corrected chi connectivity index (χ2v) is 6.42. The first-order valence-electron chi connectivity index (χ1n) is 5.66. The first-order valence-corrected chi connectivity index (χ1v) is 7.33. The lowest BCUT2D eigenvalue weighted by atomic mass is 10.2. The van der Waals surface area contributed by atoms with Crippen molar-refractivity contribution in [3.05, 3.63) is 20.8 Å². The first-order chi connectivity index (χ1) is 7.99. The third kappa shape index (κ3) is 5.66. The highest BCUT2D eigenvalue weighted by molar-refractivity contribution is 9.10. The van der Waals surface area contributed by atoms with Gasteiger partial charge in [0, 0.05) is 22.4 Å². The van der Waals surface area contributed by atoms with E-state index in [1.165, 1.54) is 4.88 Å². The number of hydrogen-bond acceptors (Lipinski definition) is 3. The van der Waals surface area contributed by atoms with Crippen LogP contribution in [0, 0.1) is 5.92 Å². The van der Waals surface area contributed by atoms with E-state index in [4.69, 9.17) is 0 Å². The molecule has 0 bridgehead atoms. The summed E-state index contributed by atoms with van der Waals surface area (Å²) in [6, 6.07) is 2.03. The Morgan fingerprint density at radius 2 is 2.29 bits per heavy atom. The highest BCUT2D eigenvalue weighted by Crippen LogP contribution is 2.23. The topological polar surface area (TPSA) is 32.3 Å². The maximum atomic E-state index is 11.6. The van der Waals surface area contributed by atoms with Crippen LogP contribution in [0.2, 0.25) is 0 Å². The molecule has 1 aromatic heterocycles. The number of halogens is 1. The van der Waals surface area contributed by atoms with E-state index in [-0.39, 0.29) is 5.91 Å². The summed E-state index contributed by atoms with van der Waals surface area (Å²) >= 11 is 5.20. The van der Waals surface area contributed by atoms with Gasteiger partial charge in [-0.1, -0.05) is 13.8 Å². The fourth-order valence-corrected chi connectivity index (χ4v) is 2.91. The summed E-state index contributed by atoms with van der Waals surface area (Å²) in [4.78, 5) is 14.9. The molecule has 1 rings (SSSR count). The third-order valence-electron chi connectivity index (χ3n) is 2.23. The van der Waals surface area contributed by atoms with Crippen LogP contribution < -0.4 is 5.32 Å². The molecule has 0 radical (unpaired) electrons. The Labute approximate surface area is 115 Å². The predicted octanol–water partition coefficient (Wildman–Crippen LogP) is 2.71. The van der Waals surface area contributed by atoms with Crippen molar-refractivity contribution in [2.45, 2.75) is 20.4 Å². The van der Waals surface area contributed by atoms with E-state index < -0.39 is 0 Å². The van der Waals surface area contributed by atoms with Gasteiger partial charge in [-0.15, -0.1) is 11.3 Å². The molecule has 0 atom stereocenters. The zero-order valence-electron chi connectivity index (χ0n) is 10.5. The molecular weight excluding hydrogens is 300 g/mol. The molecule has 0 aliphatic rings. The van der Waals surface area contributed by atoms with Crippen LogP contribution in [0.5, 0.6) is 0 Å². The van der Waals surface area contributed by atoms with E-state index in [1.54, 1.807) is 11.3 Å². The van der Waals surface area contributed by atoms with Crippen LogP contribution in [-0.2, 0) is 11.3 Å². The summed E-state index contributed by atoms with van der Waals surface area (Å²) in [5, 5.41) is 4.97. The maximum Gasteiger partial charge on any atom is 0.234 e. The minimum absolute atomic E-state index is 0.0916. The van der Waals surface area contributed by atoms with Gasteiger partial charge in [-0.25, -0.2) is 0 Å². The Bertz CT molecular complexity index is 365. The van der Waals surface area contributed by atoms with Crippen molar-refractivity contribution in [3.8, 4) is 0 Å². The summed E-state index contributed by atoms with van der Waals surface area (Å²) in [6.45, 7) is 6.17. The molecule has 17 heavy (non-hydrogen) atoms. The van der Waals surface area contributed by atoms with E-state index in [2.05, 4.69) is 35.1 Å². The number of carbonyl (C=O) groups is 1. The quantitative estimate of drug-likeness (QED) is 0.874. The van der Waals surface area contributed by atoms with Crippen molar-refractivity contribution < 1.29 is 4.79 Å². The predicted molar refractivity (Wildman–Crippen MR) is 76.2 cm³/mol. The second kappa shape index (κ2) is 7.13. The molecule has 1 heterocycles. The molecule has 0 unspecified atom stereocenters. The van der Waals surface area contributed by atoms with Gasteiger partial charge < -0.3 is 5.32 Å². The molecule has 0 aliphatic carbocycles. The summed E-state index contributed by atoms with van der Waals surface area (Å²) in [7, 11) is 1.96. The van der Waals surface area contributed by atoms with E-state index >= 15 is 0 Å². The number of hydrogen-bond donors (Lipinski definition) is 1. The van der Waals surface area contributed by atoms with Crippen LogP contribution in [0.25, 0.3) is 0 Å². The van der Waals surface area contributed by atoms with Crippen molar-refractivity contribution in [3.63, 3.8) is 0 Å². The molecule has 1 amide bonds. The van der Waals surface area contributed by atoms with Crippen molar-refractivity contribution in [1.82, 2.24) is 10.2 Å². The van der Waals surface area contributed by atoms with Crippen LogP contribution in [0.15, 0.2) is 15.9 Å². The van der Waals surface area contributed by atoms with Crippen molar-refractivity contribution >= 4 is 33.2 Å². The van der Waals surface area contributed by atoms with Gasteiger partial charge in [0.2, 0.25) is 5.91 Å². The normalized spacial score (nSPS) is 11.2. The average molecular weight is 319 g/mol. The van der Waals surface area contributed by atoms with E-state index in [9.17, 15) is 4.79 Å². The summed E-state index contributed by atoms with van der Waals surface area (Å²) in [5.74, 6) is 0.588. The van der Waals surface area contributed by atoms with Crippen LogP contribution in [0.1, 0.15) is 18.7 Å². The molecule has 3 nitrogen and oxygen atoms in total. The van der Waals surface area contributed by atoms with Gasteiger partial charge in [-0.05, 0) is 40.3 Å². The van der Waals surface area contributed by atoms with Gasteiger partial charge in [0.25, 0.3) is 0 Å².